The maximum absolute atomic E-state index is 13.9. The number of fused-ring (bicyclic) bond motifs is 1. The van der Waals surface area contributed by atoms with Gasteiger partial charge < -0.3 is 0 Å². The molecule has 1 N–H and O–H groups in total. The average molecular weight is 571 g/mol. The summed E-state index contributed by atoms with van der Waals surface area (Å²) in [6.07, 6.45) is 0.981. The zero-order valence-corrected chi connectivity index (χ0v) is 21.6. The fourth-order valence-corrected chi connectivity index (χ4v) is 8.75. The van der Waals surface area contributed by atoms with Gasteiger partial charge in [-0.25, -0.2) is 0 Å². The average Bonchev–Trinajstić information content (AvgIpc) is 2.99. The Hall–Kier alpha value is -2.12. The predicted octanol–water partition coefficient (Wildman–Crippen LogP) is 3.07. The number of hydrogen-bond donors (Lipinski definition) is 1. The molecule has 1 aliphatic rings. The van der Waals surface area contributed by atoms with Gasteiger partial charge in [-0.2, -0.15) is 0 Å². The van der Waals surface area contributed by atoms with Crippen LogP contribution in [0.2, 0.25) is 10.0 Å². The van der Waals surface area contributed by atoms with E-state index < -0.39 is 49.5 Å². The van der Waals surface area contributed by atoms with Gasteiger partial charge in [0.25, 0.3) is 0 Å². The normalized spacial score (nSPS) is 18.1. The van der Waals surface area contributed by atoms with Crippen LogP contribution in [-0.2, 0) is 14.8 Å². The number of anilines is 1. The molecule has 0 amide bonds. The molecule has 0 fully saturated rings. The van der Waals surface area contributed by atoms with Crippen LogP contribution in [0.5, 0.6) is 0 Å². The molecule has 1 aromatic heterocycles. The van der Waals surface area contributed by atoms with Crippen molar-refractivity contribution in [1.82, 2.24) is 4.98 Å². The number of sulfonamides is 1. The van der Waals surface area contributed by atoms with E-state index in [0.717, 1.165) is 8.83 Å². The predicted molar refractivity (Wildman–Crippen MR) is 128 cm³/mol. The number of halogens is 3. The zero-order chi connectivity index (χ0) is 23.9. The van der Waals surface area contributed by atoms with Crippen molar-refractivity contribution in [2.45, 2.75) is 30.2 Å². The molecule has 0 aliphatic carbocycles. The summed E-state index contributed by atoms with van der Waals surface area (Å²) in [6.45, 7) is 1.62. The first-order valence-corrected chi connectivity index (χ1v) is 14.1. The molecule has 3 aromatic rings. The summed E-state index contributed by atoms with van der Waals surface area (Å²) in [6, 6.07) is 11.4. The summed E-state index contributed by atoms with van der Waals surface area (Å²) in [5.41, 5.74) is 0.642. The summed E-state index contributed by atoms with van der Waals surface area (Å²) in [7, 11) is -4.06. The topological polar surface area (TPSA) is 87.6 Å². The van der Waals surface area contributed by atoms with E-state index in [1.54, 1.807) is 19.1 Å². The monoisotopic (exact) mass is 570 g/mol. The Labute approximate surface area is 207 Å². The second-order valence-electron chi connectivity index (χ2n) is 7.61. The van der Waals surface area contributed by atoms with E-state index in [1.807, 2.05) is 12.1 Å². The minimum atomic E-state index is -4.06. The van der Waals surface area contributed by atoms with Gasteiger partial charge in [0.2, 0.25) is 0 Å². The first-order chi connectivity index (χ1) is 15.6. The number of aliphatic carboxylic acids is 1. The van der Waals surface area contributed by atoms with Crippen molar-refractivity contribution < 1.29 is 22.7 Å². The van der Waals surface area contributed by atoms with E-state index in [1.165, 1.54) is 34.8 Å². The number of carboxylic acids is 1. The number of aromatic nitrogens is 1. The Balaban J connectivity index is 1.66. The maximum atomic E-state index is 13.9. The Morgan fingerprint density at radius 1 is 1.15 bits per heavy atom. The third-order valence-corrected chi connectivity index (χ3v) is 10.1. The molecule has 3 atom stereocenters. The standard InChI is InChI=1S/C22H18AsCl2FN2O4S/c1-12-18(10-22(29)30)19-9-16(26)2-4-20(19)28(12)33(31,32)17-3-5-21(27-11-17)23-13-6-14(24)8-15(25)7-13/h2-9,11-12,18,23H,10H2,1H3,(H,29,30). The summed E-state index contributed by atoms with van der Waals surface area (Å²) < 4.78 is 43.8. The van der Waals surface area contributed by atoms with Crippen LogP contribution in [0.25, 0.3) is 0 Å². The second kappa shape index (κ2) is 9.26. The van der Waals surface area contributed by atoms with Gasteiger partial charge in [-0.3, -0.25) is 0 Å². The molecular weight excluding hydrogens is 553 g/mol. The van der Waals surface area contributed by atoms with Crippen molar-refractivity contribution >= 4 is 69.5 Å². The molecule has 4 rings (SSSR count). The van der Waals surface area contributed by atoms with Crippen LogP contribution < -0.4 is 13.1 Å². The van der Waals surface area contributed by atoms with Crippen molar-refractivity contribution in [3.8, 4) is 0 Å². The Kier molecular flexibility index (Phi) is 6.74. The molecule has 172 valence electrons. The van der Waals surface area contributed by atoms with Crippen LogP contribution in [-0.4, -0.2) is 46.3 Å². The molecule has 0 bridgehead atoms. The number of carbonyl (C=O) groups is 1. The number of rotatable bonds is 6. The molecule has 11 heteroatoms. The number of nitrogens with zero attached hydrogens (tertiary/aromatic N) is 2. The van der Waals surface area contributed by atoms with Gasteiger partial charge in [0.05, 0.1) is 0 Å². The molecule has 2 aromatic carbocycles. The van der Waals surface area contributed by atoms with Crippen molar-refractivity contribution in [2.75, 3.05) is 4.31 Å². The molecular formula is C22H18AsCl2FN2O4S. The van der Waals surface area contributed by atoms with Gasteiger partial charge in [-0.05, 0) is 0 Å². The summed E-state index contributed by atoms with van der Waals surface area (Å²) in [4.78, 5) is 15.7. The molecule has 0 spiro atoms. The van der Waals surface area contributed by atoms with Crippen molar-refractivity contribution in [2.24, 2.45) is 0 Å². The van der Waals surface area contributed by atoms with Crippen LogP contribution in [0.1, 0.15) is 24.8 Å². The third kappa shape index (κ3) is 4.89. The fourth-order valence-electron chi connectivity index (χ4n) is 3.98. The van der Waals surface area contributed by atoms with E-state index in [0.29, 0.717) is 15.6 Å². The van der Waals surface area contributed by atoms with Gasteiger partial charge in [0, 0.05) is 0 Å². The van der Waals surface area contributed by atoms with E-state index in [4.69, 9.17) is 23.2 Å². The zero-order valence-electron chi connectivity index (χ0n) is 17.2. The number of carboxylic acid groups (broad SMARTS) is 1. The number of hydrogen-bond acceptors (Lipinski definition) is 4. The fraction of sp³-hybridized carbons (Fsp3) is 0.182. The summed E-state index contributed by atoms with van der Waals surface area (Å²) in [5, 5.41) is 10.3. The van der Waals surface area contributed by atoms with Crippen molar-refractivity contribution in [3.63, 3.8) is 0 Å². The summed E-state index contributed by atoms with van der Waals surface area (Å²) in [5.74, 6) is -2.31. The molecule has 6 nitrogen and oxygen atoms in total. The van der Waals surface area contributed by atoms with E-state index in [-0.39, 0.29) is 17.0 Å². The van der Waals surface area contributed by atoms with Crippen molar-refractivity contribution in [3.05, 3.63) is 76.2 Å². The minimum absolute atomic E-state index is 0.0277. The SMILES string of the molecule is CC1C(CC(=O)O)c2cc(F)ccc2N1S(=O)(=O)c1ccc([AsH]c2cc(Cl)cc(Cl)c2)nc1. The van der Waals surface area contributed by atoms with E-state index in [9.17, 15) is 22.7 Å². The first kappa shape index (κ1) is 24.0. The molecule has 33 heavy (non-hydrogen) atoms. The van der Waals surface area contributed by atoms with Gasteiger partial charge in [0.1, 0.15) is 0 Å². The Bertz CT molecular complexity index is 1320. The summed E-state index contributed by atoms with van der Waals surface area (Å²) >= 11 is 11.2. The third-order valence-electron chi connectivity index (χ3n) is 5.40. The van der Waals surface area contributed by atoms with Gasteiger partial charge in [-0.15, -0.1) is 0 Å². The quantitative estimate of drug-likeness (QED) is 0.460. The molecule has 2 heterocycles. The van der Waals surface area contributed by atoms with E-state index in [2.05, 4.69) is 4.98 Å². The van der Waals surface area contributed by atoms with Crippen LogP contribution in [0.15, 0.2) is 59.6 Å². The number of pyridine rings is 1. The van der Waals surface area contributed by atoms with Crippen LogP contribution >= 0.6 is 23.2 Å². The first-order valence-electron chi connectivity index (χ1n) is 9.81. The van der Waals surface area contributed by atoms with Crippen LogP contribution in [0.4, 0.5) is 10.1 Å². The second-order valence-corrected chi connectivity index (χ2v) is 13.1. The molecule has 0 saturated heterocycles. The molecule has 0 saturated carbocycles. The van der Waals surface area contributed by atoms with E-state index >= 15 is 0 Å². The van der Waals surface area contributed by atoms with Crippen molar-refractivity contribution in [1.29, 1.82) is 0 Å². The van der Waals surface area contributed by atoms with Gasteiger partial charge >= 0.3 is 208 Å². The molecule has 3 unspecified atom stereocenters. The molecule has 1 aliphatic heterocycles. The van der Waals surface area contributed by atoms with Gasteiger partial charge in [0.15, 0.2) is 0 Å². The molecule has 0 radical (unpaired) electrons. The Morgan fingerprint density at radius 3 is 2.45 bits per heavy atom. The van der Waals surface area contributed by atoms with Gasteiger partial charge in [-0.1, -0.05) is 0 Å². The van der Waals surface area contributed by atoms with Crippen LogP contribution in [0.3, 0.4) is 0 Å². The number of benzene rings is 2. The Morgan fingerprint density at radius 2 is 1.85 bits per heavy atom. The van der Waals surface area contributed by atoms with Crippen LogP contribution in [0, 0.1) is 5.82 Å².